The van der Waals surface area contributed by atoms with E-state index < -0.39 is 0 Å². The van der Waals surface area contributed by atoms with Crippen molar-refractivity contribution in [2.24, 2.45) is 17.8 Å². The third kappa shape index (κ3) is 3.05. The summed E-state index contributed by atoms with van der Waals surface area (Å²) < 4.78 is 5.52. The minimum atomic E-state index is 0.592. The normalized spacial score (nSPS) is 32.8. The first-order chi connectivity index (χ1) is 9.36. The predicted molar refractivity (Wildman–Crippen MR) is 78.0 cm³/mol. The standard InChI is InChI=1S/C17H27NO/c1-18-17(12-16-7-4-10-19-16)15-9-8-13-5-2-3-6-14(13)11-15/h4,7,10,13-15,17-18H,2-3,5-6,8-9,11-12H2,1H3. The number of likely N-dealkylation sites (N-methyl/N-ethyl adjacent to an activating group) is 1. The van der Waals surface area contributed by atoms with Gasteiger partial charge in [-0.05, 0) is 56.2 Å². The van der Waals surface area contributed by atoms with Gasteiger partial charge in [-0.2, -0.15) is 0 Å². The minimum Gasteiger partial charge on any atom is -0.469 e. The van der Waals surface area contributed by atoms with Crippen LogP contribution < -0.4 is 5.32 Å². The summed E-state index contributed by atoms with van der Waals surface area (Å²) in [4.78, 5) is 0. The maximum Gasteiger partial charge on any atom is 0.105 e. The Morgan fingerprint density at radius 3 is 2.79 bits per heavy atom. The van der Waals surface area contributed by atoms with Gasteiger partial charge < -0.3 is 9.73 Å². The van der Waals surface area contributed by atoms with E-state index in [9.17, 15) is 0 Å². The second-order valence-electron chi connectivity index (χ2n) is 6.56. The van der Waals surface area contributed by atoms with Crippen molar-refractivity contribution < 1.29 is 4.42 Å². The lowest BCUT2D eigenvalue weighted by atomic mass is 9.66. The van der Waals surface area contributed by atoms with Gasteiger partial charge in [0.1, 0.15) is 5.76 Å². The van der Waals surface area contributed by atoms with Crippen LogP contribution in [0.2, 0.25) is 0 Å². The molecule has 2 nitrogen and oxygen atoms in total. The zero-order valence-corrected chi connectivity index (χ0v) is 12.1. The molecular formula is C17H27NO. The van der Waals surface area contributed by atoms with E-state index in [1.165, 1.54) is 44.9 Å². The summed E-state index contributed by atoms with van der Waals surface area (Å²) in [6.45, 7) is 0. The number of fused-ring (bicyclic) bond motifs is 1. The fourth-order valence-electron chi connectivity index (χ4n) is 4.43. The van der Waals surface area contributed by atoms with Gasteiger partial charge >= 0.3 is 0 Å². The highest BCUT2D eigenvalue weighted by Crippen LogP contribution is 2.43. The van der Waals surface area contributed by atoms with Crippen molar-refractivity contribution in [1.29, 1.82) is 0 Å². The number of hydrogen-bond acceptors (Lipinski definition) is 2. The van der Waals surface area contributed by atoms with Crippen LogP contribution in [0.3, 0.4) is 0 Å². The van der Waals surface area contributed by atoms with Gasteiger partial charge in [0, 0.05) is 12.5 Å². The molecule has 1 N–H and O–H groups in total. The number of hydrogen-bond donors (Lipinski definition) is 1. The molecule has 0 aromatic carbocycles. The van der Waals surface area contributed by atoms with Crippen LogP contribution in [0.15, 0.2) is 22.8 Å². The lowest BCUT2D eigenvalue weighted by Crippen LogP contribution is -2.40. The summed E-state index contributed by atoms with van der Waals surface area (Å²) >= 11 is 0. The zero-order chi connectivity index (χ0) is 13.1. The van der Waals surface area contributed by atoms with E-state index in [0.29, 0.717) is 6.04 Å². The summed E-state index contributed by atoms with van der Waals surface area (Å²) in [6, 6.07) is 4.70. The maximum absolute atomic E-state index is 5.52. The molecule has 0 amide bonds. The molecule has 0 spiro atoms. The molecule has 2 aliphatic carbocycles. The first-order valence-corrected chi connectivity index (χ1v) is 8.06. The molecule has 19 heavy (non-hydrogen) atoms. The lowest BCUT2D eigenvalue weighted by molar-refractivity contribution is 0.110. The van der Waals surface area contributed by atoms with Crippen LogP contribution >= 0.6 is 0 Å². The highest BCUT2D eigenvalue weighted by atomic mass is 16.3. The van der Waals surface area contributed by atoms with Crippen molar-refractivity contribution in [3.63, 3.8) is 0 Å². The van der Waals surface area contributed by atoms with E-state index in [1.54, 1.807) is 6.26 Å². The third-order valence-electron chi connectivity index (χ3n) is 5.52. The second kappa shape index (κ2) is 6.13. The van der Waals surface area contributed by atoms with Crippen LogP contribution in [-0.2, 0) is 6.42 Å². The molecule has 0 saturated heterocycles. The Balaban J connectivity index is 1.60. The van der Waals surface area contributed by atoms with Crippen molar-refractivity contribution in [1.82, 2.24) is 5.32 Å². The van der Waals surface area contributed by atoms with Gasteiger partial charge in [-0.3, -0.25) is 0 Å². The van der Waals surface area contributed by atoms with E-state index in [-0.39, 0.29) is 0 Å². The summed E-state index contributed by atoms with van der Waals surface area (Å²) in [6.07, 6.45) is 13.1. The van der Waals surface area contributed by atoms with Crippen LogP contribution in [0, 0.1) is 17.8 Å². The molecule has 0 bridgehead atoms. The molecule has 0 radical (unpaired) electrons. The first-order valence-electron chi connectivity index (χ1n) is 8.06. The summed E-state index contributed by atoms with van der Waals surface area (Å²) in [7, 11) is 2.11. The summed E-state index contributed by atoms with van der Waals surface area (Å²) in [5.74, 6) is 4.03. The maximum atomic E-state index is 5.52. The SMILES string of the molecule is CNC(Cc1ccco1)C1CCC2CCCCC2C1. The molecule has 3 rings (SSSR count). The topological polar surface area (TPSA) is 25.2 Å². The number of nitrogens with one attached hydrogen (secondary N) is 1. The lowest BCUT2D eigenvalue weighted by Gasteiger charge is -2.41. The Hall–Kier alpha value is -0.760. The largest absolute Gasteiger partial charge is 0.469 e. The first kappa shape index (κ1) is 13.2. The Morgan fingerprint density at radius 2 is 2.05 bits per heavy atom. The molecule has 1 aromatic heterocycles. The van der Waals surface area contributed by atoms with Crippen LogP contribution in [0.4, 0.5) is 0 Å². The van der Waals surface area contributed by atoms with Crippen LogP contribution in [0.5, 0.6) is 0 Å². The van der Waals surface area contributed by atoms with Crippen LogP contribution in [0.25, 0.3) is 0 Å². The molecule has 4 unspecified atom stereocenters. The van der Waals surface area contributed by atoms with Gasteiger partial charge in [0.15, 0.2) is 0 Å². The molecule has 4 atom stereocenters. The number of furan rings is 1. The van der Waals surface area contributed by atoms with Gasteiger partial charge in [-0.15, -0.1) is 0 Å². The van der Waals surface area contributed by atoms with Crippen LogP contribution in [0.1, 0.15) is 50.7 Å². The third-order valence-corrected chi connectivity index (χ3v) is 5.52. The second-order valence-corrected chi connectivity index (χ2v) is 6.56. The van der Waals surface area contributed by atoms with Gasteiger partial charge in [0.05, 0.1) is 6.26 Å². The Labute approximate surface area is 117 Å². The van der Waals surface area contributed by atoms with Crippen molar-refractivity contribution in [2.45, 2.75) is 57.4 Å². The van der Waals surface area contributed by atoms with Gasteiger partial charge in [-0.1, -0.05) is 25.7 Å². The van der Waals surface area contributed by atoms with E-state index in [2.05, 4.69) is 18.4 Å². The van der Waals surface area contributed by atoms with E-state index >= 15 is 0 Å². The fourth-order valence-corrected chi connectivity index (χ4v) is 4.43. The predicted octanol–water partition coefficient (Wildman–Crippen LogP) is 4.02. The quantitative estimate of drug-likeness (QED) is 0.885. The molecular weight excluding hydrogens is 234 g/mol. The smallest absolute Gasteiger partial charge is 0.105 e. The summed E-state index contributed by atoms with van der Waals surface area (Å²) in [5, 5.41) is 3.55. The monoisotopic (exact) mass is 261 g/mol. The van der Waals surface area contributed by atoms with Gasteiger partial charge in [0.2, 0.25) is 0 Å². The molecule has 106 valence electrons. The number of rotatable bonds is 4. The zero-order valence-electron chi connectivity index (χ0n) is 12.1. The Morgan fingerprint density at radius 1 is 1.21 bits per heavy atom. The molecule has 1 aromatic rings. The van der Waals surface area contributed by atoms with Gasteiger partial charge in [-0.25, -0.2) is 0 Å². The average molecular weight is 261 g/mol. The van der Waals surface area contributed by atoms with Crippen molar-refractivity contribution >= 4 is 0 Å². The molecule has 1 heterocycles. The Kier molecular flexibility index (Phi) is 4.27. The van der Waals surface area contributed by atoms with Crippen molar-refractivity contribution in [2.75, 3.05) is 7.05 Å². The average Bonchev–Trinajstić information content (AvgIpc) is 2.97. The van der Waals surface area contributed by atoms with Crippen molar-refractivity contribution in [3.8, 4) is 0 Å². The molecule has 2 aliphatic rings. The Bertz CT molecular complexity index is 373. The van der Waals surface area contributed by atoms with Crippen molar-refractivity contribution in [3.05, 3.63) is 24.2 Å². The minimum absolute atomic E-state index is 0.592. The fraction of sp³-hybridized carbons (Fsp3) is 0.765. The molecule has 2 fully saturated rings. The molecule has 0 aliphatic heterocycles. The van der Waals surface area contributed by atoms with Gasteiger partial charge in [0.25, 0.3) is 0 Å². The molecule has 2 saturated carbocycles. The summed E-state index contributed by atoms with van der Waals surface area (Å²) in [5.41, 5.74) is 0. The molecule has 2 heteroatoms. The van der Waals surface area contributed by atoms with E-state index in [0.717, 1.165) is 29.9 Å². The van der Waals surface area contributed by atoms with E-state index in [4.69, 9.17) is 4.42 Å². The van der Waals surface area contributed by atoms with E-state index in [1.807, 2.05) is 6.07 Å². The highest BCUT2D eigenvalue weighted by Gasteiger charge is 2.35. The highest BCUT2D eigenvalue weighted by molar-refractivity contribution is 5.02. The van der Waals surface area contributed by atoms with Crippen LogP contribution in [-0.4, -0.2) is 13.1 Å².